The molecule has 1 saturated heterocycles. The van der Waals surface area contributed by atoms with Gasteiger partial charge in [-0.2, -0.15) is 0 Å². The quantitative estimate of drug-likeness (QED) is 0.741. The predicted octanol–water partition coefficient (Wildman–Crippen LogP) is 4.85. The van der Waals surface area contributed by atoms with Crippen LogP contribution in [-0.4, -0.2) is 30.0 Å². The van der Waals surface area contributed by atoms with Crippen molar-refractivity contribution in [2.24, 2.45) is 0 Å². The van der Waals surface area contributed by atoms with Gasteiger partial charge in [-0.15, -0.1) is 0 Å². The van der Waals surface area contributed by atoms with Crippen LogP contribution in [0, 0.1) is 5.82 Å². The number of carbonyl (C=O) groups is 1. The summed E-state index contributed by atoms with van der Waals surface area (Å²) in [6.07, 6.45) is 5.60. The molecule has 1 heterocycles. The molecule has 1 amide bonds. The Hall–Kier alpha value is -2.20. The van der Waals surface area contributed by atoms with Crippen LogP contribution in [0.5, 0.6) is 0 Å². The lowest BCUT2D eigenvalue weighted by Gasteiger charge is -2.38. The molecular formula is C24H28FNO2. The molecule has 3 nitrogen and oxygen atoms in total. The van der Waals surface area contributed by atoms with E-state index >= 15 is 0 Å². The summed E-state index contributed by atoms with van der Waals surface area (Å²) >= 11 is 0. The number of benzene rings is 2. The van der Waals surface area contributed by atoms with Crippen molar-refractivity contribution in [3.63, 3.8) is 0 Å². The Balaban J connectivity index is 1.38. The second kappa shape index (κ2) is 8.44. The van der Waals surface area contributed by atoms with E-state index in [1.165, 1.54) is 11.6 Å². The van der Waals surface area contributed by atoms with Gasteiger partial charge in [0.05, 0.1) is 18.1 Å². The zero-order valence-electron chi connectivity index (χ0n) is 16.3. The maximum Gasteiger partial charge on any atom is 0.233 e. The second-order valence-electron chi connectivity index (χ2n) is 8.09. The molecule has 4 heteroatoms. The SMILES string of the molecule is O=C(N1CCC(OCc2ccccc2)CC1)C1(c2cccc(F)c2)CCCC1. The Morgan fingerprint density at radius 2 is 1.75 bits per heavy atom. The highest BCUT2D eigenvalue weighted by molar-refractivity contribution is 5.88. The van der Waals surface area contributed by atoms with Crippen molar-refractivity contribution in [3.8, 4) is 0 Å². The average Bonchev–Trinajstić information content (AvgIpc) is 3.24. The Labute approximate surface area is 166 Å². The summed E-state index contributed by atoms with van der Waals surface area (Å²) in [5.74, 6) is -0.0818. The van der Waals surface area contributed by atoms with Gasteiger partial charge in [0.1, 0.15) is 5.82 Å². The molecule has 2 aliphatic rings. The van der Waals surface area contributed by atoms with Gasteiger partial charge in [0, 0.05) is 13.1 Å². The molecule has 0 radical (unpaired) electrons. The van der Waals surface area contributed by atoms with E-state index in [1.807, 2.05) is 29.2 Å². The van der Waals surface area contributed by atoms with E-state index < -0.39 is 5.41 Å². The maximum absolute atomic E-state index is 13.8. The third-order valence-corrected chi connectivity index (χ3v) is 6.30. The highest BCUT2D eigenvalue weighted by Crippen LogP contribution is 2.43. The van der Waals surface area contributed by atoms with Crippen LogP contribution in [-0.2, 0) is 21.6 Å². The number of carbonyl (C=O) groups excluding carboxylic acids is 1. The summed E-state index contributed by atoms with van der Waals surface area (Å²) in [5, 5.41) is 0. The van der Waals surface area contributed by atoms with Crippen molar-refractivity contribution in [1.29, 1.82) is 0 Å². The van der Waals surface area contributed by atoms with Crippen molar-refractivity contribution in [2.45, 2.75) is 56.7 Å². The van der Waals surface area contributed by atoms with E-state index in [0.29, 0.717) is 6.61 Å². The van der Waals surface area contributed by atoms with Crippen molar-refractivity contribution in [1.82, 2.24) is 4.90 Å². The van der Waals surface area contributed by atoms with Crippen molar-refractivity contribution in [2.75, 3.05) is 13.1 Å². The van der Waals surface area contributed by atoms with Crippen LogP contribution in [0.4, 0.5) is 4.39 Å². The number of nitrogens with zero attached hydrogens (tertiary/aromatic N) is 1. The topological polar surface area (TPSA) is 29.5 Å². The Kier molecular flexibility index (Phi) is 5.77. The molecule has 0 atom stereocenters. The zero-order valence-corrected chi connectivity index (χ0v) is 16.3. The van der Waals surface area contributed by atoms with Gasteiger partial charge >= 0.3 is 0 Å². The molecule has 0 bridgehead atoms. The summed E-state index contributed by atoms with van der Waals surface area (Å²) in [4.78, 5) is 15.5. The Morgan fingerprint density at radius 1 is 1.04 bits per heavy atom. The number of piperidine rings is 1. The van der Waals surface area contributed by atoms with Gasteiger partial charge in [-0.05, 0) is 48.9 Å². The highest BCUT2D eigenvalue weighted by atomic mass is 19.1. The third kappa shape index (κ3) is 3.97. The van der Waals surface area contributed by atoms with Crippen molar-refractivity contribution >= 4 is 5.91 Å². The molecule has 2 aromatic rings. The van der Waals surface area contributed by atoms with E-state index in [2.05, 4.69) is 12.1 Å². The first kappa shape index (κ1) is 19.1. The molecule has 2 fully saturated rings. The van der Waals surface area contributed by atoms with Gasteiger partial charge < -0.3 is 9.64 Å². The molecule has 4 rings (SSSR count). The minimum atomic E-state index is -0.542. The molecule has 0 N–H and O–H groups in total. The number of hydrogen-bond donors (Lipinski definition) is 0. The predicted molar refractivity (Wildman–Crippen MR) is 107 cm³/mol. The van der Waals surface area contributed by atoms with E-state index in [0.717, 1.165) is 57.2 Å². The fourth-order valence-electron chi connectivity index (χ4n) is 4.71. The molecule has 2 aromatic carbocycles. The lowest BCUT2D eigenvalue weighted by molar-refractivity contribution is -0.140. The first-order valence-corrected chi connectivity index (χ1v) is 10.4. The Bertz CT molecular complexity index is 793. The molecular weight excluding hydrogens is 353 g/mol. The fourth-order valence-corrected chi connectivity index (χ4v) is 4.71. The van der Waals surface area contributed by atoms with Crippen LogP contribution in [0.2, 0.25) is 0 Å². The summed E-state index contributed by atoms with van der Waals surface area (Å²) in [6, 6.07) is 16.8. The van der Waals surface area contributed by atoms with Gasteiger partial charge in [0.2, 0.25) is 5.91 Å². The molecule has 1 aliphatic heterocycles. The number of rotatable bonds is 5. The number of amides is 1. The molecule has 1 saturated carbocycles. The lowest BCUT2D eigenvalue weighted by atomic mass is 9.77. The van der Waals surface area contributed by atoms with Crippen LogP contribution < -0.4 is 0 Å². The van der Waals surface area contributed by atoms with Gasteiger partial charge in [-0.1, -0.05) is 55.3 Å². The lowest BCUT2D eigenvalue weighted by Crippen LogP contribution is -2.49. The molecule has 0 spiro atoms. The average molecular weight is 381 g/mol. The number of hydrogen-bond acceptors (Lipinski definition) is 2. The van der Waals surface area contributed by atoms with Gasteiger partial charge in [-0.25, -0.2) is 4.39 Å². The van der Waals surface area contributed by atoms with E-state index in [1.54, 1.807) is 12.1 Å². The summed E-state index contributed by atoms with van der Waals surface area (Å²) < 4.78 is 19.9. The normalized spacial score (nSPS) is 19.7. The number of likely N-dealkylation sites (tertiary alicyclic amines) is 1. The minimum Gasteiger partial charge on any atom is -0.373 e. The van der Waals surface area contributed by atoms with Crippen molar-refractivity contribution in [3.05, 3.63) is 71.5 Å². The minimum absolute atomic E-state index is 0.178. The zero-order chi connectivity index (χ0) is 19.4. The second-order valence-corrected chi connectivity index (χ2v) is 8.09. The first-order valence-electron chi connectivity index (χ1n) is 10.4. The van der Waals surface area contributed by atoms with Crippen LogP contribution in [0.1, 0.15) is 49.7 Å². The van der Waals surface area contributed by atoms with Crippen molar-refractivity contribution < 1.29 is 13.9 Å². The van der Waals surface area contributed by atoms with Gasteiger partial charge in [0.15, 0.2) is 0 Å². The Morgan fingerprint density at radius 3 is 2.43 bits per heavy atom. The summed E-state index contributed by atoms with van der Waals surface area (Å²) in [7, 11) is 0. The van der Waals surface area contributed by atoms with E-state index in [4.69, 9.17) is 4.74 Å². The van der Waals surface area contributed by atoms with E-state index in [-0.39, 0.29) is 17.8 Å². The molecule has 148 valence electrons. The van der Waals surface area contributed by atoms with Gasteiger partial charge in [0.25, 0.3) is 0 Å². The third-order valence-electron chi connectivity index (χ3n) is 6.30. The summed E-state index contributed by atoms with van der Waals surface area (Å²) in [5.41, 5.74) is 1.48. The van der Waals surface area contributed by atoms with E-state index in [9.17, 15) is 9.18 Å². The summed E-state index contributed by atoms with van der Waals surface area (Å²) in [6.45, 7) is 2.05. The maximum atomic E-state index is 13.8. The molecule has 0 aromatic heterocycles. The fraction of sp³-hybridized carbons (Fsp3) is 0.458. The largest absolute Gasteiger partial charge is 0.373 e. The number of halogens is 1. The molecule has 1 aliphatic carbocycles. The smallest absolute Gasteiger partial charge is 0.233 e. The van der Waals surface area contributed by atoms with Crippen LogP contribution in [0.3, 0.4) is 0 Å². The van der Waals surface area contributed by atoms with Crippen LogP contribution in [0.15, 0.2) is 54.6 Å². The monoisotopic (exact) mass is 381 g/mol. The molecule has 28 heavy (non-hydrogen) atoms. The van der Waals surface area contributed by atoms with Crippen LogP contribution >= 0.6 is 0 Å². The molecule has 0 unspecified atom stereocenters. The standard InChI is InChI=1S/C24H28FNO2/c25-21-10-6-9-20(17-21)24(13-4-5-14-24)23(27)26-15-11-22(12-16-26)28-18-19-7-2-1-3-8-19/h1-3,6-10,17,22H,4-5,11-16,18H2. The van der Waals surface area contributed by atoms with Gasteiger partial charge in [-0.3, -0.25) is 4.79 Å². The highest BCUT2D eigenvalue weighted by Gasteiger charge is 2.45. The number of ether oxygens (including phenoxy) is 1. The van der Waals surface area contributed by atoms with Crippen LogP contribution in [0.25, 0.3) is 0 Å². The first-order chi connectivity index (χ1) is 13.7.